The molecular formula is C14H21NO2. The van der Waals surface area contributed by atoms with Gasteiger partial charge in [-0.05, 0) is 43.4 Å². The van der Waals surface area contributed by atoms with Crippen LogP contribution in [0, 0.1) is 19.8 Å². The molecule has 0 saturated carbocycles. The van der Waals surface area contributed by atoms with E-state index in [0.717, 1.165) is 11.1 Å². The number of hydrogen-bond donors (Lipinski definition) is 1. The number of nitrogens with two attached hydrogens (primary N) is 1. The van der Waals surface area contributed by atoms with Crippen molar-refractivity contribution in [2.45, 2.75) is 40.2 Å². The summed E-state index contributed by atoms with van der Waals surface area (Å²) in [5.41, 5.74) is 7.79. The third kappa shape index (κ3) is 4.19. The molecule has 0 aliphatic heterocycles. The first kappa shape index (κ1) is 13.7. The molecule has 0 spiro atoms. The van der Waals surface area contributed by atoms with Crippen LogP contribution in [0.3, 0.4) is 0 Å². The number of carbonyl (C=O) groups excluding carboxylic acids is 1. The molecule has 17 heavy (non-hydrogen) atoms. The summed E-state index contributed by atoms with van der Waals surface area (Å²) >= 11 is 0. The van der Waals surface area contributed by atoms with Crippen LogP contribution in [0.4, 0.5) is 0 Å². The first-order valence-electron chi connectivity index (χ1n) is 5.94. The topological polar surface area (TPSA) is 52.3 Å². The highest BCUT2D eigenvalue weighted by atomic mass is 16.5. The molecule has 0 radical (unpaired) electrons. The van der Waals surface area contributed by atoms with Crippen molar-refractivity contribution in [3.63, 3.8) is 0 Å². The molecule has 1 aromatic carbocycles. The van der Waals surface area contributed by atoms with Gasteiger partial charge < -0.3 is 10.5 Å². The zero-order chi connectivity index (χ0) is 13.0. The van der Waals surface area contributed by atoms with Crippen molar-refractivity contribution in [2.75, 3.05) is 0 Å². The second kappa shape index (κ2) is 5.82. The summed E-state index contributed by atoms with van der Waals surface area (Å²) in [6.07, 6.45) is 0.643. The Morgan fingerprint density at radius 1 is 1.35 bits per heavy atom. The second-order valence-electron chi connectivity index (χ2n) is 4.93. The van der Waals surface area contributed by atoms with E-state index in [1.54, 1.807) is 0 Å². The van der Waals surface area contributed by atoms with Gasteiger partial charge >= 0.3 is 5.97 Å². The lowest BCUT2D eigenvalue weighted by Gasteiger charge is -2.14. The van der Waals surface area contributed by atoms with Gasteiger partial charge in [-0.3, -0.25) is 0 Å². The van der Waals surface area contributed by atoms with E-state index in [0.29, 0.717) is 18.1 Å². The van der Waals surface area contributed by atoms with Crippen molar-refractivity contribution in [3.8, 4) is 5.75 Å². The van der Waals surface area contributed by atoms with Crippen molar-refractivity contribution in [1.82, 2.24) is 0 Å². The maximum atomic E-state index is 11.8. The first-order chi connectivity index (χ1) is 7.90. The van der Waals surface area contributed by atoms with E-state index in [1.807, 2.05) is 45.9 Å². The van der Waals surface area contributed by atoms with E-state index in [9.17, 15) is 4.79 Å². The fraction of sp³-hybridized carbons (Fsp3) is 0.500. The Morgan fingerprint density at radius 2 is 2.00 bits per heavy atom. The van der Waals surface area contributed by atoms with Crippen molar-refractivity contribution in [2.24, 2.45) is 11.7 Å². The molecule has 2 N–H and O–H groups in total. The Kier molecular flexibility index (Phi) is 4.70. The van der Waals surface area contributed by atoms with Crippen LogP contribution < -0.4 is 10.5 Å². The first-order valence-corrected chi connectivity index (χ1v) is 5.94. The van der Waals surface area contributed by atoms with Crippen LogP contribution >= 0.6 is 0 Å². The summed E-state index contributed by atoms with van der Waals surface area (Å²) in [6, 6.07) is 5.23. The zero-order valence-electron chi connectivity index (χ0n) is 11.0. The Balaban J connectivity index is 2.70. The van der Waals surface area contributed by atoms with Crippen LogP contribution in [0.5, 0.6) is 5.75 Å². The third-order valence-corrected chi connectivity index (χ3v) is 2.58. The van der Waals surface area contributed by atoms with Gasteiger partial charge in [-0.25, -0.2) is 4.79 Å². The average molecular weight is 235 g/mol. The molecule has 3 nitrogen and oxygen atoms in total. The highest BCUT2D eigenvalue weighted by Gasteiger charge is 2.18. The van der Waals surface area contributed by atoms with Gasteiger partial charge in [0, 0.05) is 0 Å². The molecule has 1 unspecified atom stereocenters. The van der Waals surface area contributed by atoms with Crippen molar-refractivity contribution in [1.29, 1.82) is 0 Å². The Labute approximate surface area is 103 Å². The van der Waals surface area contributed by atoms with Crippen LogP contribution in [0.25, 0.3) is 0 Å². The summed E-state index contributed by atoms with van der Waals surface area (Å²) in [7, 11) is 0. The van der Waals surface area contributed by atoms with Crippen LogP contribution in [0.1, 0.15) is 31.4 Å². The van der Waals surface area contributed by atoms with Gasteiger partial charge in [-0.1, -0.05) is 26.0 Å². The number of esters is 1. The van der Waals surface area contributed by atoms with E-state index in [2.05, 4.69) is 0 Å². The minimum atomic E-state index is -0.546. The van der Waals surface area contributed by atoms with E-state index >= 15 is 0 Å². The van der Waals surface area contributed by atoms with Crippen LogP contribution in [-0.2, 0) is 4.79 Å². The minimum Gasteiger partial charge on any atom is -0.425 e. The van der Waals surface area contributed by atoms with Gasteiger partial charge in [-0.15, -0.1) is 0 Å². The molecule has 1 aromatic rings. The summed E-state index contributed by atoms with van der Waals surface area (Å²) in [6.45, 7) is 7.94. The predicted molar refractivity (Wildman–Crippen MR) is 69.0 cm³/mol. The minimum absolute atomic E-state index is 0.354. The highest BCUT2D eigenvalue weighted by molar-refractivity contribution is 5.78. The molecule has 94 valence electrons. The van der Waals surface area contributed by atoms with Crippen LogP contribution in [-0.4, -0.2) is 12.0 Å². The summed E-state index contributed by atoms with van der Waals surface area (Å²) in [5.74, 6) is 0.637. The number of hydrogen-bond acceptors (Lipinski definition) is 3. The molecule has 0 aliphatic rings. The van der Waals surface area contributed by atoms with Gasteiger partial charge in [0.2, 0.25) is 0 Å². The molecule has 1 atom stereocenters. The molecule has 0 fully saturated rings. The van der Waals surface area contributed by atoms with Gasteiger partial charge in [0.1, 0.15) is 11.8 Å². The summed E-state index contributed by atoms with van der Waals surface area (Å²) < 4.78 is 5.32. The highest BCUT2D eigenvalue weighted by Crippen LogP contribution is 2.20. The molecule has 1 rings (SSSR count). The maximum absolute atomic E-state index is 11.8. The number of benzene rings is 1. The van der Waals surface area contributed by atoms with Crippen LogP contribution in [0.15, 0.2) is 18.2 Å². The van der Waals surface area contributed by atoms with Crippen molar-refractivity contribution >= 4 is 5.97 Å². The Morgan fingerprint density at radius 3 is 2.59 bits per heavy atom. The van der Waals surface area contributed by atoms with E-state index < -0.39 is 6.04 Å². The molecule has 0 amide bonds. The molecule has 0 saturated heterocycles. The fourth-order valence-corrected chi connectivity index (χ4v) is 1.61. The van der Waals surface area contributed by atoms with Crippen LogP contribution in [0.2, 0.25) is 0 Å². The maximum Gasteiger partial charge on any atom is 0.328 e. The lowest BCUT2D eigenvalue weighted by Crippen LogP contribution is -2.35. The van der Waals surface area contributed by atoms with Crippen molar-refractivity contribution in [3.05, 3.63) is 29.3 Å². The van der Waals surface area contributed by atoms with Gasteiger partial charge in [0.25, 0.3) is 0 Å². The number of carbonyl (C=O) groups is 1. The van der Waals surface area contributed by atoms with Gasteiger partial charge in [0.15, 0.2) is 0 Å². The predicted octanol–water partition coefficient (Wildman–Crippen LogP) is 2.58. The lowest BCUT2D eigenvalue weighted by atomic mass is 10.0. The number of rotatable bonds is 4. The summed E-state index contributed by atoms with van der Waals surface area (Å²) in [4.78, 5) is 11.8. The lowest BCUT2D eigenvalue weighted by molar-refractivity contribution is -0.136. The molecule has 0 aliphatic carbocycles. The normalized spacial score (nSPS) is 12.6. The molecule has 3 heteroatoms. The smallest absolute Gasteiger partial charge is 0.328 e. The van der Waals surface area contributed by atoms with E-state index in [-0.39, 0.29) is 5.97 Å². The summed E-state index contributed by atoms with van der Waals surface area (Å²) in [5, 5.41) is 0. The van der Waals surface area contributed by atoms with Crippen molar-refractivity contribution < 1.29 is 9.53 Å². The largest absolute Gasteiger partial charge is 0.425 e. The molecule has 0 aromatic heterocycles. The third-order valence-electron chi connectivity index (χ3n) is 2.58. The number of ether oxygens (including phenoxy) is 1. The zero-order valence-corrected chi connectivity index (χ0v) is 11.0. The quantitative estimate of drug-likeness (QED) is 0.644. The monoisotopic (exact) mass is 235 g/mol. The molecule has 0 bridgehead atoms. The van der Waals surface area contributed by atoms with E-state index in [4.69, 9.17) is 10.5 Å². The number of aryl methyl sites for hydroxylation is 2. The fourth-order valence-electron chi connectivity index (χ4n) is 1.61. The average Bonchev–Trinajstić information content (AvgIpc) is 2.22. The SMILES string of the molecule is Cc1ccc(C)c(OC(=O)C(N)CC(C)C)c1. The van der Waals surface area contributed by atoms with Gasteiger partial charge in [-0.2, -0.15) is 0 Å². The Hall–Kier alpha value is -1.35. The van der Waals surface area contributed by atoms with E-state index in [1.165, 1.54) is 0 Å². The standard InChI is InChI=1S/C14H21NO2/c1-9(2)7-12(15)14(16)17-13-8-10(3)5-6-11(13)4/h5-6,8-9,12H,7,15H2,1-4H3. The second-order valence-corrected chi connectivity index (χ2v) is 4.93. The molecule has 0 heterocycles. The Bertz CT molecular complexity index is 399. The molecular weight excluding hydrogens is 214 g/mol. The van der Waals surface area contributed by atoms with Gasteiger partial charge in [0.05, 0.1) is 0 Å².